The molecule has 68 valence electrons. The smallest absolute Gasteiger partial charge is 0.0698 e. The second kappa shape index (κ2) is 5.56. The van der Waals surface area contributed by atoms with Gasteiger partial charge in [0.15, 0.2) is 0 Å². The molecule has 0 saturated heterocycles. The SMILES string of the molecule is CCC(C)C(NC)C(C)OC. The van der Waals surface area contributed by atoms with Crippen LogP contribution in [-0.4, -0.2) is 26.3 Å². The summed E-state index contributed by atoms with van der Waals surface area (Å²) < 4.78 is 5.26. The van der Waals surface area contributed by atoms with Gasteiger partial charge < -0.3 is 10.1 Å². The number of likely N-dealkylation sites (N-methyl/N-ethyl adjacent to an activating group) is 1. The molecule has 0 radical (unpaired) electrons. The predicted molar refractivity (Wildman–Crippen MR) is 48.8 cm³/mol. The van der Waals surface area contributed by atoms with E-state index in [-0.39, 0.29) is 0 Å². The van der Waals surface area contributed by atoms with Crippen LogP contribution in [0, 0.1) is 5.92 Å². The van der Waals surface area contributed by atoms with Crippen LogP contribution in [0.5, 0.6) is 0 Å². The van der Waals surface area contributed by atoms with Crippen molar-refractivity contribution in [2.24, 2.45) is 5.92 Å². The number of ether oxygens (including phenoxy) is 1. The van der Waals surface area contributed by atoms with Gasteiger partial charge in [-0.05, 0) is 19.9 Å². The van der Waals surface area contributed by atoms with Crippen LogP contribution in [0.25, 0.3) is 0 Å². The van der Waals surface area contributed by atoms with E-state index < -0.39 is 0 Å². The van der Waals surface area contributed by atoms with Crippen molar-refractivity contribution in [1.29, 1.82) is 0 Å². The van der Waals surface area contributed by atoms with Crippen molar-refractivity contribution in [2.45, 2.75) is 39.3 Å². The summed E-state index contributed by atoms with van der Waals surface area (Å²) >= 11 is 0. The van der Waals surface area contributed by atoms with Crippen molar-refractivity contribution >= 4 is 0 Å². The maximum atomic E-state index is 5.26. The van der Waals surface area contributed by atoms with E-state index in [0.29, 0.717) is 18.1 Å². The van der Waals surface area contributed by atoms with E-state index in [9.17, 15) is 0 Å². The second-order valence-electron chi connectivity index (χ2n) is 3.14. The summed E-state index contributed by atoms with van der Waals surface area (Å²) in [5.74, 6) is 0.676. The Labute approximate surface area is 70.3 Å². The molecule has 3 atom stereocenters. The number of hydrogen-bond acceptors (Lipinski definition) is 2. The molecule has 0 amide bonds. The summed E-state index contributed by atoms with van der Waals surface area (Å²) in [7, 11) is 3.75. The van der Waals surface area contributed by atoms with Gasteiger partial charge >= 0.3 is 0 Å². The highest BCUT2D eigenvalue weighted by Crippen LogP contribution is 2.12. The summed E-state index contributed by atoms with van der Waals surface area (Å²) in [5, 5.41) is 3.28. The monoisotopic (exact) mass is 159 g/mol. The summed E-state index contributed by atoms with van der Waals surface area (Å²) in [6.07, 6.45) is 1.49. The zero-order valence-corrected chi connectivity index (χ0v) is 8.35. The first kappa shape index (κ1) is 10.9. The molecule has 0 saturated carbocycles. The van der Waals surface area contributed by atoms with Crippen molar-refractivity contribution in [3.8, 4) is 0 Å². The first-order valence-corrected chi connectivity index (χ1v) is 4.37. The molecule has 0 heterocycles. The Morgan fingerprint density at radius 1 is 1.36 bits per heavy atom. The second-order valence-corrected chi connectivity index (χ2v) is 3.14. The first-order valence-electron chi connectivity index (χ1n) is 4.37. The fraction of sp³-hybridized carbons (Fsp3) is 1.00. The highest BCUT2D eigenvalue weighted by atomic mass is 16.5. The van der Waals surface area contributed by atoms with Crippen molar-refractivity contribution in [1.82, 2.24) is 5.32 Å². The van der Waals surface area contributed by atoms with Gasteiger partial charge in [0, 0.05) is 13.2 Å². The molecule has 0 fully saturated rings. The highest BCUT2D eigenvalue weighted by Gasteiger charge is 2.19. The van der Waals surface area contributed by atoms with E-state index in [2.05, 4.69) is 26.1 Å². The third-order valence-corrected chi connectivity index (χ3v) is 2.47. The lowest BCUT2D eigenvalue weighted by Crippen LogP contribution is -2.41. The van der Waals surface area contributed by atoms with Crippen LogP contribution in [0.3, 0.4) is 0 Å². The van der Waals surface area contributed by atoms with E-state index in [1.165, 1.54) is 6.42 Å². The summed E-state index contributed by atoms with van der Waals surface area (Å²) in [4.78, 5) is 0. The average molecular weight is 159 g/mol. The fourth-order valence-electron chi connectivity index (χ4n) is 1.38. The first-order chi connectivity index (χ1) is 5.17. The summed E-state index contributed by atoms with van der Waals surface area (Å²) in [6.45, 7) is 6.56. The van der Waals surface area contributed by atoms with Crippen LogP contribution in [0.2, 0.25) is 0 Å². The summed E-state index contributed by atoms with van der Waals surface area (Å²) in [6, 6.07) is 0.477. The third-order valence-electron chi connectivity index (χ3n) is 2.47. The number of methoxy groups -OCH3 is 1. The molecule has 0 aliphatic carbocycles. The maximum absolute atomic E-state index is 5.26. The molecule has 0 aromatic rings. The highest BCUT2D eigenvalue weighted by molar-refractivity contribution is 4.76. The number of hydrogen-bond donors (Lipinski definition) is 1. The van der Waals surface area contributed by atoms with Gasteiger partial charge in [-0.25, -0.2) is 0 Å². The van der Waals surface area contributed by atoms with Crippen LogP contribution in [0.4, 0.5) is 0 Å². The molecular formula is C9H21NO. The van der Waals surface area contributed by atoms with Gasteiger partial charge in [-0.3, -0.25) is 0 Å². The molecule has 0 aliphatic heterocycles. The molecule has 0 aromatic heterocycles. The molecule has 11 heavy (non-hydrogen) atoms. The molecular weight excluding hydrogens is 138 g/mol. The topological polar surface area (TPSA) is 21.3 Å². The fourth-order valence-corrected chi connectivity index (χ4v) is 1.38. The minimum absolute atomic E-state index is 0.301. The zero-order valence-electron chi connectivity index (χ0n) is 8.35. The van der Waals surface area contributed by atoms with E-state index in [4.69, 9.17) is 4.74 Å². The molecule has 3 unspecified atom stereocenters. The van der Waals surface area contributed by atoms with Gasteiger partial charge in [0.05, 0.1) is 6.10 Å². The van der Waals surface area contributed by atoms with Gasteiger partial charge in [0.25, 0.3) is 0 Å². The largest absolute Gasteiger partial charge is 0.380 e. The quantitative estimate of drug-likeness (QED) is 0.658. The Morgan fingerprint density at radius 2 is 1.91 bits per heavy atom. The maximum Gasteiger partial charge on any atom is 0.0698 e. The van der Waals surface area contributed by atoms with Crippen molar-refractivity contribution in [2.75, 3.05) is 14.2 Å². The molecule has 2 heteroatoms. The van der Waals surface area contributed by atoms with Gasteiger partial charge in [0.1, 0.15) is 0 Å². The van der Waals surface area contributed by atoms with Gasteiger partial charge in [0.2, 0.25) is 0 Å². The molecule has 0 aromatic carbocycles. The lowest BCUT2D eigenvalue weighted by molar-refractivity contribution is 0.0663. The molecule has 2 nitrogen and oxygen atoms in total. The van der Waals surface area contributed by atoms with Crippen LogP contribution in [0.1, 0.15) is 27.2 Å². The number of rotatable bonds is 5. The van der Waals surface area contributed by atoms with Gasteiger partial charge in [-0.1, -0.05) is 20.3 Å². The molecule has 0 spiro atoms. The van der Waals surface area contributed by atoms with Gasteiger partial charge in [-0.15, -0.1) is 0 Å². The Hall–Kier alpha value is -0.0800. The zero-order chi connectivity index (χ0) is 8.85. The normalized spacial score (nSPS) is 19.4. The van der Waals surface area contributed by atoms with Crippen molar-refractivity contribution < 1.29 is 4.74 Å². The van der Waals surface area contributed by atoms with Crippen LogP contribution >= 0.6 is 0 Å². The lowest BCUT2D eigenvalue weighted by Gasteiger charge is -2.27. The Balaban J connectivity index is 3.92. The Morgan fingerprint density at radius 3 is 2.18 bits per heavy atom. The van der Waals surface area contributed by atoms with Crippen LogP contribution in [-0.2, 0) is 4.74 Å². The van der Waals surface area contributed by atoms with E-state index in [1.54, 1.807) is 7.11 Å². The average Bonchev–Trinajstić information content (AvgIpc) is 2.05. The third kappa shape index (κ3) is 3.21. The minimum Gasteiger partial charge on any atom is -0.380 e. The lowest BCUT2D eigenvalue weighted by atomic mass is 9.95. The van der Waals surface area contributed by atoms with Crippen LogP contribution < -0.4 is 5.32 Å². The molecule has 0 aliphatic rings. The molecule has 1 N–H and O–H groups in total. The van der Waals surface area contributed by atoms with Crippen molar-refractivity contribution in [3.63, 3.8) is 0 Å². The van der Waals surface area contributed by atoms with E-state index in [1.807, 2.05) is 7.05 Å². The Bertz CT molecular complexity index is 85.6. The minimum atomic E-state index is 0.301. The standard InChI is InChI=1S/C9H21NO/c1-6-7(2)9(10-4)8(3)11-5/h7-10H,6H2,1-5H3. The van der Waals surface area contributed by atoms with Crippen molar-refractivity contribution in [3.05, 3.63) is 0 Å². The van der Waals surface area contributed by atoms with Crippen LogP contribution in [0.15, 0.2) is 0 Å². The molecule has 0 bridgehead atoms. The summed E-state index contributed by atoms with van der Waals surface area (Å²) in [5.41, 5.74) is 0. The van der Waals surface area contributed by atoms with E-state index >= 15 is 0 Å². The molecule has 0 rings (SSSR count). The number of nitrogens with one attached hydrogen (secondary N) is 1. The Kier molecular flexibility index (Phi) is 5.51. The van der Waals surface area contributed by atoms with Gasteiger partial charge in [-0.2, -0.15) is 0 Å². The van der Waals surface area contributed by atoms with E-state index in [0.717, 1.165) is 0 Å². The predicted octanol–water partition coefficient (Wildman–Crippen LogP) is 1.66.